The van der Waals surface area contributed by atoms with Gasteiger partial charge in [-0.05, 0) is 49.6 Å². The third-order valence-electron chi connectivity index (χ3n) is 5.78. The molecule has 0 aromatic heterocycles. The lowest BCUT2D eigenvalue weighted by atomic mass is 10.1. The van der Waals surface area contributed by atoms with Crippen molar-refractivity contribution in [1.82, 2.24) is 9.80 Å². The summed E-state index contributed by atoms with van der Waals surface area (Å²) in [5, 5.41) is 8.77. The number of para-hydroxylation sites is 1. The van der Waals surface area contributed by atoms with Crippen LogP contribution in [0.25, 0.3) is 0 Å². The van der Waals surface area contributed by atoms with Crippen LogP contribution < -0.4 is 16.0 Å². The van der Waals surface area contributed by atoms with Crippen LogP contribution in [-0.2, 0) is 9.59 Å². The molecule has 2 aliphatic rings. The fraction of sp³-hybridized carbons (Fsp3) is 0.375. The van der Waals surface area contributed by atoms with E-state index in [-0.39, 0.29) is 23.8 Å². The van der Waals surface area contributed by atoms with Crippen LogP contribution in [0.4, 0.5) is 21.9 Å². The number of nitrogens with zero attached hydrogens (tertiary/aromatic N) is 2. The number of piperazine rings is 1. The van der Waals surface area contributed by atoms with Gasteiger partial charge in [-0.25, -0.2) is 4.79 Å². The Bertz CT molecular complexity index is 982. The van der Waals surface area contributed by atoms with Crippen LogP contribution >= 0.6 is 0 Å². The number of nitrogens with one attached hydrogen (secondary N) is 3. The summed E-state index contributed by atoms with van der Waals surface area (Å²) in [5.74, 6) is 0.105. The summed E-state index contributed by atoms with van der Waals surface area (Å²) in [6.45, 7) is 4.57. The molecule has 0 atom stereocenters. The molecule has 2 aromatic carbocycles. The minimum absolute atomic E-state index is 0.0403. The number of anilines is 3. The SMILES string of the molecule is Cc1ccc(NC(=O)C2CC2)cc1NC(=O)N1CCN(CC(=O)Nc2ccccc2)CC1. The first-order chi connectivity index (χ1) is 15.5. The van der Waals surface area contributed by atoms with Gasteiger partial charge >= 0.3 is 6.03 Å². The van der Waals surface area contributed by atoms with E-state index >= 15 is 0 Å². The van der Waals surface area contributed by atoms with Crippen molar-refractivity contribution >= 4 is 34.9 Å². The minimum Gasteiger partial charge on any atom is -0.326 e. The van der Waals surface area contributed by atoms with Crippen molar-refractivity contribution in [1.29, 1.82) is 0 Å². The number of amides is 4. The Kier molecular flexibility index (Phi) is 6.70. The second-order valence-electron chi connectivity index (χ2n) is 8.40. The standard InChI is InChI=1S/C24H29N5O3/c1-17-7-10-20(26-23(31)18-8-9-18)15-21(17)27-24(32)29-13-11-28(12-14-29)16-22(30)25-19-5-3-2-4-6-19/h2-7,10,15,18H,8-9,11-14,16H2,1H3,(H,25,30)(H,26,31)(H,27,32). The first-order valence-corrected chi connectivity index (χ1v) is 11.0. The van der Waals surface area contributed by atoms with E-state index in [1.165, 1.54) is 0 Å². The molecule has 3 N–H and O–H groups in total. The minimum atomic E-state index is -0.174. The molecule has 1 saturated heterocycles. The molecule has 0 unspecified atom stereocenters. The van der Waals surface area contributed by atoms with E-state index in [4.69, 9.17) is 0 Å². The molecule has 0 spiro atoms. The summed E-state index contributed by atoms with van der Waals surface area (Å²) in [7, 11) is 0. The Morgan fingerprint density at radius 1 is 0.875 bits per heavy atom. The average molecular weight is 436 g/mol. The molecular formula is C24H29N5O3. The van der Waals surface area contributed by atoms with Crippen LogP contribution in [0.2, 0.25) is 0 Å². The quantitative estimate of drug-likeness (QED) is 0.650. The molecule has 32 heavy (non-hydrogen) atoms. The van der Waals surface area contributed by atoms with Crippen LogP contribution in [0, 0.1) is 12.8 Å². The molecule has 1 aliphatic carbocycles. The summed E-state index contributed by atoms with van der Waals surface area (Å²) < 4.78 is 0. The van der Waals surface area contributed by atoms with Crippen molar-refractivity contribution in [2.24, 2.45) is 5.92 Å². The number of hydrogen-bond donors (Lipinski definition) is 3. The number of hydrogen-bond acceptors (Lipinski definition) is 4. The number of carbonyl (C=O) groups excluding carboxylic acids is 3. The lowest BCUT2D eigenvalue weighted by molar-refractivity contribution is -0.118. The highest BCUT2D eigenvalue weighted by Gasteiger charge is 2.29. The summed E-state index contributed by atoms with van der Waals surface area (Å²) in [6, 6.07) is 14.7. The van der Waals surface area contributed by atoms with Crippen molar-refractivity contribution in [2.75, 3.05) is 48.7 Å². The zero-order valence-corrected chi connectivity index (χ0v) is 18.3. The van der Waals surface area contributed by atoms with Crippen LogP contribution in [0.1, 0.15) is 18.4 Å². The fourth-order valence-electron chi connectivity index (χ4n) is 3.65. The highest BCUT2D eigenvalue weighted by Crippen LogP contribution is 2.31. The predicted octanol–water partition coefficient (Wildman–Crippen LogP) is 3.13. The van der Waals surface area contributed by atoms with E-state index in [2.05, 4.69) is 16.0 Å². The lowest BCUT2D eigenvalue weighted by Gasteiger charge is -2.34. The molecule has 1 heterocycles. The largest absolute Gasteiger partial charge is 0.326 e. The molecule has 0 bridgehead atoms. The summed E-state index contributed by atoms with van der Waals surface area (Å²) in [6.07, 6.45) is 1.89. The first kappa shape index (κ1) is 21.8. The Labute approximate surface area is 188 Å². The van der Waals surface area contributed by atoms with E-state index in [9.17, 15) is 14.4 Å². The summed E-state index contributed by atoms with van der Waals surface area (Å²) in [4.78, 5) is 40.8. The number of carbonyl (C=O) groups is 3. The summed E-state index contributed by atoms with van der Waals surface area (Å²) >= 11 is 0. The number of rotatable bonds is 6. The van der Waals surface area contributed by atoms with Gasteiger partial charge in [-0.3, -0.25) is 14.5 Å². The van der Waals surface area contributed by atoms with Crippen molar-refractivity contribution in [3.63, 3.8) is 0 Å². The Morgan fingerprint density at radius 3 is 2.28 bits per heavy atom. The van der Waals surface area contributed by atoms with E-state index in [0.29, 0.717) is 44.1 Å². The van der Waals surface area contributed by atoms with Gasteiger partial charge in [0.05, 0.1) is 6.54 Å². The van der Waals surface area contributed by atoms with Gasteiger partial charge in [0.25, 0.3) is 0 Å². The number of aryl methyl sites for hydroxylation is 1. The monoisotopic (exact) mass is 435 g/mol. The van der Waals surface area contributed by atoms with Gasteiger partial charge in [0, 0.05) is 49.2 Å². The van der Waals surface area contributed by atoms with Gasteiger partial charge < -0.3 is 20.9 Å². The molecule has 1 saturated carbocycles. The Hall–Kier alpha value is -3.39. The maximum atomic E-state index is 12.8. The van der Waals surface area contributed by atoms with Crippen molar-refractivity contribution < 1.29 is 14.4 Å². The Balaban J connectivity index is 1.25. The highest BCUT2D eigenvalue weighted by atomic mass is 16.2. The maximum Gasteiger partial charge on any atom is 0.321 e. The van der Waals surface area contributed by atoms with Gasteiger partial charge in [0.2, 0.25) is 11.8 Å². The molecule has 4 amide bonds. The van der Waals surface area contributed by atoms with Gasteiger partial charge in [-0.2, -0.15) is 0 Å². The van der Waals surface area contributed by atoms with Crippen LogP contribution in [0.5, 0.6) is 0 Å². The van der Waals surface area contributed by atoms with Gasteiger partial charge in [0.15, 0.2) is 0 Å². The van der Waals surface area contributed by atoms with E-state index in [0.717, 1.165) is 24.1 Å². The topological polar surface area (TPSA) is 93.8 Å². The van der Waals surface area contributed by atoms with Gasteiger partial charge in [-0.1, -0.05) is 24.3 Å². The van der Waals surface area contributed by atoms with Crippen molar-refractivity contribution in [3.8, 4) is 0 Å². The van der Waals surface area contributed by atoms with Crippen molar-refractivity contribution in [3.05, 3.63) is 54.1 Å². The van der Waals surface area contributed by atoms with E-state index < -0.39 is 0 Å². The average Bonchev–Trinajstić information content (AvgIpc) is 3.63. The van der Waals surface area contributed by atoms with Gasteiger partial charge in [0.1, 0.15) is 0 Å². The lowest BCUT2D eigenvalue weighted by Crippen LogP contribution is -2.51. The zero-order chi connectivity index (χ0) is 22.5. The summed E-state index contributed by atoms with van der Waals surface area (Å²) in [5.41, 5.74) is 3.09. The highest BCUT2D eigenvalue weighted by molar-refractivity contribution is 5.96. The first-order valence-electron chi connectivity index (χ1n) is 11.0. The predicted molar refractivity (Wildman–Crippen MR) is 125 cm³/mol. The number of benzene rings is 2. The van der Waals surface area contributed by atoms with Crippen molar-refractivity contribution in [2.45, 2.75) is 19.8 Å². The molecule has 8 heteroatoms. The van der Waals surface area contributed by atoms with Gasteiger partial charge in [-0.15, -0.1) is 0 Å². The van der Waals surface area contributed by atoms with Crippen LogP contribution in [-0.4, -0.2) is 60.4 Å². The normalized spacial score (nSPS) is 16.3. The Morgan fingerprint density at radius 2 is 1.59 bits per heavy atom. The molecule has 0 radical (unpaired) electrons. The zero-order valence-electron chi connectivity index (χ0n) is 18.3. The number of urea groups is 1. The maximum absolute atomic E-state index is 12.8. The molecular weight excluding hydrogens is 406 g/mol. The van der Waals surface area contributed by atoms with E-state index in [1.807, 2.05) is 54.3 Å². The molecule has 8 nitrogen and oxygen atoms in total. The third-order valence-corrected chi connectivity index (χ3v) is 5.78. The third kappa shape index (κ3) is 5.85. The van der Waals surface area contributed by atoms with E-state index in [1.54, 1.807) is 11.0 Å². The smallest absolute Gasteiger partial charge is 0.321 e. The molecule has 2 aromatic rings. The molecule has 4 rings (SSSR count). The fourth-order valence-corrected chi connectivity index (χ4v) is 3.65. The molecule has 168 valence electrons. The van der Waals surface area contributed by atoms with Crippen LogP contribution in [0.15, 0.2) is 48.5 Å². The molecule has 1 aliphatic heterocycles. The second-order valence-corrected chi connectivity index (χ2v) is 8.40. The molecule has 2 fully saturated rings. The van der Waals surface area contributed by atoms with Crippen LogP contribution in [0.3, 0.4) is 0 Å². The second kappa shape index (κ2) is 9.82.